The van der Waals surface area contributed by atoms with E-state index in [4.69, 9.17) is 14.6 Å². The molecule has 1 aromatic carbocycles. The van der Waals surface area contributed by atoms with Crippen LogP contribution in [-0.4, -0.2) is 24.3 Å². The van der Waals surface area contributed by atoms with Gasteiger partial charge >= 0.3 is 5.97 Å². The first-order valence-corrected chi connectivity index (χ1v) is 5.66. The lowest BCUT2D eigenvalue weighted by molar-refractivity contribution is -0.137. The summed E-state index contributed by atoms with van der Waals surface area (Å²) in [6.45, 7) is 1.96. The predicted molar refractivity (Wildman–Crippen MR) is 62.7 cm³/mol. The average Bonchev–Trinajstić information content (AvgIpc) is 2.27. The molecule has 1 aliphatic heterocycles. The van der Waals surface area contributed by atoms with Crippen molar-refractivity contribution in [3.05, 3.63) is 23.8 Å². The van der Waals surface area contributed by atoms with Crippen molar-refractivity contribution in [2.75, 3.05) is 7.11 Å². The number of hydrogen-bond donors (Lipinski definition) is 1. The maximum absolute atomic E-state index is 10.8. The maximum atomic E-state index is 10.8. The molecule has 1 heterocycles. The third-order valence-corrected chi connectivity index (χ3v) is 3.03. The third kappa shape index (κ3) is 2.52. The Bertz CT molecular complexity index is 427. The van der Waals surface area contributed by atoms with Gasteiger partial charge in [-0.2, -0.15) is 0 Å². The number of carboxylic acids is 1. The zero-order valence-corrected chi connectivity index (χ0v) is 9.97. The highest BCUT2D eigenvalue weighted by atomic mass is 16.5. The zero-order chi connectivity index (χ0) is 12.4. The number of carboxylic acid groups (broad SMARTS) is 1. The Morgan fingerprint density at radius 3 is 3.00 bits per heavy atom. The molecule has 1 aromatic rings. The molecular weight excluding hydrogens is 220 g/mol. The smallest absolute Gasteiger partial charge is 0.303 e. The molecule has 92 valence electrons. The lowest BCUT2D eigenvalue weighted by Gasteiger charge is -2.29. The van der Waals surface area contributed by atoms with Gasteiger partial charge < -0.3 is 14.6 Å². The summed E-state index contributed by atoms with van der Waals surface area (Å²) in [5.74, 6) is 0.726. The highest BCUT2D eigenvalue weighted by molar-refractivity contribution is 5.68. The fraction of sp³-hybridized carbons (Fsp3) is 0.462. The number of hydrogen-bond acceptors (Lipinski definition) is 3. The topological polar surface area (TPSA) is 55.8 Å². The second-order valence-electron chi connectivity index (χ2n) is 4.36. The first-order chi connectivity index (χ1) is 8.10. The number of aliphatic carboxylic acids is 1. The molecule has 2 atom stereocenters. The zero-order valence-electron chi connectivity index (χ0n) is 9.97. The van der Waals surface area contributed by atoms with Gasteiger partial charge in [0.05, 0.1) is 19.6 Å². The van der Waals surface area contributed by atoms with Crippen LogP contribution in [-0.2, 0) is 4.79 Å². The van der Waals surface area contributed by atoms with Crippen molar-refractivity contribution in [1.29, 1.82) is 0 Å². The Hall–Kier alpha value is -1.71. The van der Waals surface area contributed by atoms with Gasteiger partial charge in [0.1, 0.15) is 11.5 Å². The molecule has 1 N–H and O–H groups in total. The van der Waals surface area contributed by atoms with Gasteiger partial charge in [0.15, 0.2) is 0 Å². The minimum Gasteiger partial charge on any atom is -0.497 e. The Kier molecular flexibility index (Phi) is 3.22. The third-order valence-electron chi connectivity index (χ3n) is 3.03. The van der Waals surface area contributed by atoms with Crippen LogP contribution in [0, 0.1) is 0 Å². The van der Waals surface area contributed by atoms with E-state index in [0.29, 0.717) is 0 Å². The summed E-state index contributed by atoms with van der Waals surface area (Å²) in [5.41, 5.74) is 0.964. The van der Waals surface area contributed by atoms with Crippen LogP contribution >= 0.6 is 0 Å². The first kappa shape index (κ1) is 11.8. The largest absolute Gasteiger partial charge is 0.497 e. The minimum absolute atomic E-state index is 0.0251. The molecule has 0 aliphatic carbocycles. The fourth-order valence-electron chi connectivity index (χ4n) is 2.28. The van der Waals surface area contributed by atoms with Crippen molar-refractivity contribution in [2.24, 2.45) is 0 Å². The van der Waals surface area contributed by atoms with Gasteiger partial charge in [-0.1, -0.05) is 6.07 Å². The molecule has 4 heteroatoms. The van der Waals surface area contributed by atoms with Crippen LogP contribution in [0.5, 0.6) is 11.5 Å². The van der Waals surface area contributed by atoms with E-state index in [1.165, 1.54) is 0 Å². The molecule has 0 saturated heterocycles. The lowest BCUT2D eigenvalue weighted by Crippen LogP contribution is -2.24. The van der Waals surface area contributed by atoms with Gasteiger partial charge in [-0.05, 0) is 25.0 Å². The molecule has 2 rings (SSSR count). The van der Waals surface area contributed by atoms with Crippen LogP contribution in [0.3, 0.4) is 0 Å². The molecule has 0 aromatic heterocycles. The van der Waals surface area contributed by atoms with Gasteiger partial charge in [0, 0.05) is 12.0 Å². The first-order valence-electron chi connectivity index (χ1n) is 5.66. The van der Waals surface area contributed by atoms with Crippen LogP contribution in [0.25, 0.3) is 0 Å². The van der Waals surface area contributed by atoms with E-state index < -0.39 is 5.97 Å². The van der Waals surface area contributed by atoms with E-state index in [1.807, 2.05) is 25.1 Å². The molecule has 0 amide bonds. The van der Waals surface area contributed by atoms with Crippen LogP contribution in [0.1, 0.15) is 31.2 Å². The molecule has 0 spiro atoms. The van der Waals surface area contributed by atoms with Crippen molar-refractivity contribution in [3.63, 3.8) is 0 Å². The fourth-order valence-corrected chi connectivity index (χ4v) is 2.28. The van der Waals surface area contributed by atoms with Gasteiger partial charge in [-0.3, -0.25) is 4.79 Å². The van der Waals surface area contributed by atoms with Crippen molar-refractivity contribution in [2.45, 2.75) is 31.8 Å². The molecule has 4 nitrogen and oxygen atoms in total. The molecule has 17 heavy (non-hydrogen) atoms. The predicted octanol–water partition coefficient (Wildman–Crippen LogP) is 2.42. The summed E-state index contributed by atoms with van der Waals surface area (Å²) in [6.07, 6.45) is 0.928. The number of carbonyl (C=O) groups is 1. The van der Waals surface area contributed by atoms with Gasteiger partial charge in [-0.15, -0.1) is 0 Å². The second kappa shape index (κ2) is 4.65. The summed E-state index contributed by atoms with van der Waals surface area (Å²) >= 11 is 0. The van der Waals surface area contributed by atoms with Crippen molar-refractivity contribution in [3.8, 4) is 11.5 Å². The van der Waals surface area contributed by atoms with Crippen molar-refractivity contribution >= 4 is 5.97 Å². The standard InChI is InChI=1S/C13H16O4/c1-8-5-9(6-13(14)15)11-4-3-10(16-2)7-12(11)17-8/h3-4,7-9H,5-6H2,1-2H3,(H,14,15). The van der Waals surface area contributed by atoms with Crippen LogP contribution in [0.4, 0.5) is 0 Å². The Labute approximate surface area is 100 Å². The van der Waals surface area contributed by atoms with Gasteiger partial charge in [0.25, 0.3) is 0 Å². The number of rotatable bonds is 3. The van der Waals surface area contributed by atoms with Crippen LogP contribution in [0.2, 0.25) is 0 Å². The van der Waals surface area contributed by atoms with Gasteiger partial charge in [0.2, 0.25) is 0 Å². The number of fused-ring (bicyclic) bond motifs is 1. The molecule has 2 unspecified atom stereocenters. The van der Waals surface area contributed by atoms with Gasteiger partial charge in [-0.25, -0.2) is 0 Å². The second-order valence-corrected chi connectivity index (χ2v) is 4.36. The summed E-state index contributed by atoms with van der Waals surface area (Å²) in [4.78, 5) is 10.8. The van der Waals surface area contributed by atoms with E-state index in [0.717, 1.165) is 23.5 Å². The average molecular weight is 236 g/mol. The number of methoxy groups -OCH3 is 1. The summed E-state index contributed by atoms with van der Waals surface area (Å²) in [7, 11) is 1.60. The van der Waals surface area contributed by atoms with E-state index in [2.05, 4.69) is 0 Å². The lowest BCUT2D eigenvalue weighted by atomic mass is 9.87. The monoisotopic (exact) mass is 236 g/mol. The molecule has 0 fully saturated rings. The summed E-state index contributed by atoms with van der Waals surface area (Å²) < 4.78 is 10.8. The van der Waals surface area contributed by atoms with Crippen LogP contribution < -0.4 is 9.47 Å². The SMILES string of the molecule is COc1ccc2c(c1)OC(C)CC2CC(=O)O. The highest BCUT2D eigenvalue weighted by Gasteiger charge is 2.27. The van der Waals surface area contributed by atoms with E-state index >= 15 is 0 Å². The Morgan fingerprint density at radius 2 is 2.35 bits per heavy atom. The molecule has 0 radical (unpaired) electrons. The molecular formula is C13H16O4. The van der Waals surface area contributed by atoms with E-state index in [9.17, 15) is 4.79 Å². The summed E-state index contributed by atoms with van der Waals surface area (Å²) in [5, 5.41) is 8.91. The molecule has 0 saturated carbocycles. The molecule has 1 aliphatic rings. The van der Waals surface area contributed by atoms with E-state index in [1.54, 1.807) is 7.11 Å². The quantitative estimate of drug-likeness (QED) is 0.875. The molecule has 0 bridgehead atoms. The highest BCUT2D eigenvalue weighted by Crippen LogP contribution is 2.40. The van der Waals surface area contributed by atoms with Crippen LogP contribution in [0.15, 0.2) is 18.2 Å². The maximum Gasteiger partial charge on any atom is 0.303 e. The Balaban J connectivity index is 2.33. The summed E-state index contributed by atoms with van der Waals surface area (Å²) in [6, 6.07) is 5.56. The normalized spacial score (nSPS) is 22.5. The number of benzene rings is 1. The number of ether oxygens (including phenoxy) is 2. The minimum atomic E-state index is -0.772. The van der Waals surface area contributed by atoms with E-state index in [-0.39, 0.29) is 18.4 Å². The Morgan fingerprint density at radius 1 is 1.59 bits per heavy atom. The van der Waals surface area contributed by atoms with Crippen molar-refractivity contribution < 1.29 is 19.4 Å². The van der Waals surface area contributed by atoms with Crippen molar-refractivity contribution in [1.82, 2.24) is 0 Å².